The third-order valence-corrected chi connectivity index (χ3v) is 4.69. The molecule has 1 heterocycles. The summed E-state index contributed by atoms with van der Waals surface area (Å²) in [6.45, 7) is 4.27. The lowest BCUT2D eigenvalue weighted by Gasteiger charge is -2.45. The van der Waals surface area contributed by atoms with Crippen LogP contribution < -0.4 is 0 Å². The van der Waals surface area contributed by atoms with Crippen LogP contribution >= 0.6 is 0 Å². The summed E-state index contributed by atoms with van der Waals surface area (Å²) in [6.07, 6.45) is 5.38. The Kier molecular flexibility index (Phi) is 2.98. The summed E-state index contributed by atoms with van der Waals surface area (Å²) in [5, 5.41) is 0. The van der Waals surface area contributed by atoms with Gasteiger partial charge in [-0.25, -0.2) is 0 Å². The molecule has 2 aliphatic rings. The van der Waals surface area contributed by atoms with E-state index < -0.39 is 0 Å². The lowest BCUT2D eigenvalue weighted by atomic mass is 9.75. The van der Waals surface area contributed by atoms with Crippen LogP contribution in [-0.2, 0) is 16.8 Å². The van der Waals surface area contributed by atoms with Gasteiger partial charge in [0.15, 0.2) is 5.78 Å². The van der Waals surface area contributed by atoms with E-state index in [2.05, 4.69) is 36.1 Å². The molecule has 0 aromatic heterocycles. The number of aryl methyl sites for hydroxylation is 1. The topological polar surface area (TPSA) is 20.3 Å². The molecule has 1 unspecified atom stereocenters. The molecule has 0 radical (unpaired) electrons. The van der Waals surface area contributed by atoms with E-state index in [1.807, 2.05) is 0 Å². The Bertz CT molecular complexity index is 462. The van der Waals surface area contributed by atoms with Crippen LogP contribution in [0.5, 0.6) is 0 Å². The standard InChI is InChI=1S/C16H21NO/c1-16(17-11-5-2-6-12-17)14-8-4-3-7-13(14)9-10-15(16)18/h3-4,7-8H,2,5-6,9-12H2,1H3. The van der Waals surface area contributed by atoms with Gasteiger partial charge in [0.05, 0.1) is 0 Å². The lowest BCUT2D eigenvalue weighted by Crippen LogP contribution is -2.53. The molecule has 2 heteroatoms. The van der Waals surface area contributed by atoms with Crippen LogP contribution in [0.1, 0.15) is 43.7 Å². The third-order valence-electron chi connectivity index (χ3n) is 4.69. The van der Waals surface area contributed by atoms with E-state index in [4.69, 9.17) is 0 Å². The number of piperidine rings is 1. The average Bonchev–Trinajstić information content (AvgIpc) is 2.44. The van der Waals surface area contributed by atoms with Crippen molar-refractivity contribution >= 4 is 5.78 Å². The second-order valence-corrected chi connectivity index (χ2v) is 5.70. The normalized spacial score (nSPS) is 29.1. The van der Waals surface area contributed by atoms with Gasteiger partial charge in [-0.3, -0.25) is 9.69 Å². The van der Waals surface area contributed by atoms with E-state index in [0.717, 1.165) is 19.5 Å². The minimum absolute atomic E-state index is 0.366. The van der Waals surface area contributed by atoms with E-state index in [1.54, 1.807) is 0 Å². The fraction of sp³-hybridized carbons (Fsp3) is 0.562. The molecule has 2 nitrogen and oxygen atoms in total. The Labute approximate surface area is 109 Å². The molecule has 0 spiro atoms. The number of benzene rings is 1. The summed E-state index contributed by atoms with van der Waals surface area (Å²) in [4.78, 5) is 14.9. The zero-order valence-electron chi connectivity index (χ0n) is 11.1. The first-order chi connectivity index (χ1) is 8.73. The highest BCUT2D eigenvalue weighted by atomic mass is 16.1. The largest absolute Gasteiger partial charge is 0.297 e. The zero-order valence-corrected chi connectivity index (χ0v) is 11.1. The van der Waals surface area contributed by atoms with Crippen LogP contribution in [0.25, 0.3) is 0 Å². The zero-order chi connectivity index (χ0) is 12.6. The van der Waals surface area contributed by atoms with Crippen LogP contribution in [0.4, 0.5) is 0 Å². The summed E-state index contributed by atoms with van der Waals surface area (Å²) in [5.41, 5.74) is 2.25. The molecule has 96 valence electrons. The van der Waals surface area contributed by atoms with Crippen molar-refractivity contribution in [3.8, 4) is 0 Å². The van der Waals surface area contributed by atoms with Crippen LogP contribution in [0.15, 0.2) is 24.3 Å². The predicted octanol–water partition coefficient (Wildman–Crippen LogP) is 2.90. The number of hydrogen-bond acceptors (Lipinski definition) is 2. The van der Waals surface area contributed by atoms with Crippen molar-refractivity contribution < 1.29 is 4.79 Å². The smallest absolute Gasteiger partial charge is 0.157 e. The second-order valence-electron chi connectivity index (χ2n) is 5.70. The summed E-state index contributed by atoms with van der Waals surface area (Å²) in [6, 6.07) is 8.50. The molecule has 0 saturated carbocycles. The number of fused-ring (bicyclic) bond motifs is 1. The molecule has 1 aromatic carbocycles. The molecule has 1 fully saturated rings. The highest BCUT2D eigenvalue weighted by molar-refractivity contribution is 5.91. The van der Waals surface area contributed by atoms with Gasteiger partial charge in [-0.1, -0.05) is 30.7 Å². The Morgan fingerprint density at radius 2 is 1.78 bits per heavy atom. The van der Waals surface area contributed by atoms with Crippen molar-refractivity contribution in [2.24, 2.45) is 0 Å². The number of rotatable bonds is 1. The minimum atomic E-state index is -0.366. The van der Waals surface area contributed by atoms with E-state index >= 15 is 0 Å². The number of carbonyl (C=O) groups excluding carboxylic acids is 1. The van der Waals surface area contributed by atoms with Crippen molar-refractivity contribution in [3.05, 3.63) is 35.4 Å². The predicted molar refractivity (Wildman–Crippen MR) is 72.5 cm³/mol. The average molecular weight is 243 g/mol. The van der Waals surface area contributed by atoms with Crippen molar-refractivity contribution in [1.29, 1.82) is 0 Å². The van der Waals surface area contributed by atoms with Gasteiger partial charge in [0.25, 0.3) is 0 Å². The van der Waals surface area contributed by atoms with E-state index in [-0.39, 0.29) is 5.54 Å². The molecule has 18 heavy (non-hydrogen) atoms. The third kappa shape index (κ3) is 1.71. The molecule has 1 atom stereocenters. The van der Waals surface area contributed by atoms with Crippen LogP contribution in [0.2, 0.25) is 0 Å². The first kappa shape index (κ1) is 11.9. The summed E-state index contributed by atoms with van der Waals surface area (Å²) in [7, 11) is 0. The van der Waals surface area contributed by atoms with Gasteiger partial charge in [0.2, 0.25) is 0 Å². The number of hydrogen-bond donors (Lipinski definition) is 0. The lowest BCUT2D eigenvalue weighted by molar-refractivity contribution is -0.132. The number of ketones is 1. The number of Topliss-reactive ketones (excluding diaryl/α,β-unsaturated/α-hetero) is 1. The van der Waals surface area contributed by atoms with Crippen LogP contribution in [0.3, 0.4) is 0 Å². The van der Waals surface area contributed by atoms with Gasteiger partial charge in [0.1, 0.15) is 5.54 Å². The molecular formula is C16H21NO. The van der Waals surface area contributed by atoms with Crippen molar-refractivity contribution in [2.75, 3.05) is 13.1 Å². The maximum Gasteiger partial charge on any atom is 0.157 e. The molecule has 0 amide bonds. The van der Waals surface area contributed by atoms with Crippen LogP contribution in [0, 0.1) is 0 Å². The van der Waals surface area contributed by atoms with Gasteiger partial charge in [-0.2, -0.15) is 0 Å². The van der Waals surface area contributed by atoms with Crippen LogP contribution in [-0.4, -0.2) is 23.8 Å². The Morgan fingerprint density at radius 1 is 1.06 bits per heavy atom. The number of carbonyl (C=O) groups is 1. The van der Waals surface area contributed by atoms with E-state index in [9.17, 15) is 4.79 Å². The fourth-order valence-electron chi connectivity index (χ4n) is 3.54. The molecule has 3 rings (SSSR count). The van der Waals surface area contributed by atoms with Crippen molar-refractivity contribution in [1.82, 2.24) is 4.90 Å². The highest BCUT2D eigenvalue weighted by Gasteiger charge is 2.44. The van der Waals surface area contributed by atoms with Gasteiger partial charge in [0, 0.05) is 6.42 Å². The van der Waals surface area contributed by atoms with Gasteiger partial charge >= 0.3 is 0 Å². The molecule has 0 bridgehead atoms. The molecule has 1 aliphatic carbocycles. The van der Waals surface area contributed by atoms with Crippen molar-refractivity contribution in [2.45, 2.75) is 44.6 Å². The molecular weight excluding hydrogens is 222 g/mol. The highest BCUT2D eigenvalue weighted by Crippen LogP contribution is 2.38. The number of likely N-dealkylation sites (tertiary alicyclic amines) is 1. The second kappa shape index (κ2) is 4.51. The maximum atomic E-state index is 12.5. The monoisotopic (exact) mass is 243 g/mol. The van der Waals surface area contributed by atoms with E-state index in [1.165, 1.54) is 30.4 Å². The maximum absolute atomic E-state index is 12.5. The molecule has 1 aliphatic heterocycles. The summed E-state index contributed by atoms with van der Waals surface area (Å²) < 4.78 is 0. The molecule has 1 aromatic rings. The molecule has 1 saturated heterocycles. The molecule has 0 N–H and O–H groups in total. The fourth-order valence-corrected chi connectivity index (χ4v) is 3.54. The van der Waals surface area contributed by atoms with Gasteiger partial charge < -0.3 is 0 Å². The van der Waals surface area contributed by atoms with E-state index in [0.29, 0.717) is 12.2 Å². The first-order valence-electron chi connectivity index (χ1n) is 7.09. The van der Waals surface area contributed by atoms with Crippen molar-refractivity contribution in [3.63, 3.8) is 0 Å². The minimum Gasteiger partial charge on any atom is -0.297 e. The SMILES string of the molecule is CC1(N2CCCCC2)C(=O)CCc2ccccc21. The number of nitrogens with zero attached hydrogens (tertiary/aromatic N) is 1. The summed E-state index contributed by atoms with van der Waals surface area (Å²) >= 11 is 0. The quantitative estimate of drug-likeness (QED) is 0.756. The Balaban J connectivity index is 2.05. The Morgan fingerprint density at radius 3 is 2.56 bits per heavy atom. The summed E-state index contributed by atoms with van der Waals surface area (Å²) in [5.74, 6) is 0.406. The van der Waals surface area contributed by atoms with Gasteiger partial charge in [-0.05, 0) is 50.4 Å². The van der Waals surface area contributed by atoms with Gasteiger partial charge in [-0.15, -0.1) is 0 Å². The first-order valence-corrected chi connectivity index (χ1v) is 7.09. The Hall–Kier alpha value is -1.15.